The average Bonchev–Trinajstić information content (AvgIpc) is 2.42. The van der Waals surface area contributed by atoms with Crippen LogP contribution in [0.3, 0.4) is 0 Å². The minimum Gasteiger partial charge on any atom is -0.373 e. The molecule has 2 aliphatic carbocycles. The molecular formula is C17H22N2. The molecule has 0 aromatic heterocycles. The number of hydrogen-bond acceptors (Lipinski definition) is 2. The number of nitrogens with zero attached hydrogens (tertiary/aromatic N) is 2. The van der Waals surface area contributed by atoms with Crippen LogP contribution in [0.15, 0.2) is 18.2 Å². The summed E-state index contributed by atoms with van der Waals surface area (Å²) in [6.07, 6.45) is 8.47. The molecule has 0 saturated heterocycles. The van der Waals surface area contributed by atoms with Gasteiger partial charge in [-0.2, -0.15) is 5.26 Å². The molecule has 2 aliphatic rings. The van der Waals surface area contributed by atoms with Gasteiger partial charge in [-0.25, -0.2) is 0 Å². The monoisotopic (exact) mass is 254 g/mol. The second-order valence-electron chi connectivity index (χ2n) is 6.26. The van der Waals surface area contributed by atoms with Gasteiger partial charge < -0.3 is 4.90 Å². The van der Waals surface area contributed by atoms with Crippen molar-refractivity contribution in [2.24, 2.45) is 5.41 Å². The van der Waals surface area contributed by atoms with E-state index >= 15 is 0 Å². The van der Waals surface area contributed by atoms with E-state index < -0.39 is 0 Å². The van der Waals surface area contributed by atoms with Crippen LogP contribution in [0.5, 0.6) is 0 Å². The van der Waals surface area contributed by atoms with Gasteiger partial charge in [0.15, 0.2) is 0 Å². The zero-order valence-electron chi connectivity index (χ0n) is 11.8. The Morgan fingerprint density at radius 2 is 1.89 bits per heavy atom. The van der Waals surface area contributed by atoms with Crippen LogP contribution in [-0.2, 0) is 12.8 Å². The van der Waals surface area contributed by atoms with Crippen LogP contribution in [0.4, 0.5) is 5.69 Å². The molecule has 0 amide bonds. The van der Waals surface area contributed by atoms with Crippen molar-refractivity contribution in [3.05, 3.63) is 29.3 Å². The second-order valence-corrected chi connectivity index (χ2v) is 6.26. The highest BCUT2D eigenvalue weighted by Crippen LogP contribution is 2.41. The molecule has 1 aromatic carbocycles. The average molecular weight is 254 g/mol. The van der Waals surface area contributed by atoms with E-state index in [0.717, 1.165) is 19.4 Å². The maximum atomic E-state index is 9.35. The third kappa shape index (κ3) is 2.34. The standard InChI is InChI=1S/C17H22N2/c1-19(13-17(12-18)9-4-10-17)16-8-7-14-5-2-3-6-15(14)11-16/h7-8,11H,2-6,9-10,13H2,1H3. The smallest absolute Gasteiger partial charge is 0.0748 e. The molecule has 1 aromatic rings. The normalized spacial score (nSPS) is 20.0. The summed E-state index contributed by atoms with van der Waals surface area (Å²) in [6.45, 7) is 0.877. The summed E-state index contributed by atoms with van der Waals surface area (Å²) in [5.74, 6) is 0. The van der Waals surface area contributed by atoms with Crippen LogP contribution in [0.1, 0.15) is 43.2 Å². The first-order valence-electron chi connectivity index (χ1n) is 7.47. The lowest BCUT2D eigenvalue weighted by atomic mass is 9.69. The van der Waals surface area contributed by atoms with Gasteiger partial charge in [-0.05, 0) is 61.8 Å². The van der Waals surface area contributed by atoms with Crippen molar-refractivity contribution in [3.8, 4) is 6.07 Å². The quantitative estimate of drug-likeness (QED) is 0.822. The molecule has 0 unspecified atom stereocenters. The maximum absolute atomic E-state index is 9.35. The highest BCUT2D eigenvalue weighted by molar-refractivity contribution is 5.51. The van der Waals surface area contributed by atoms with E-state index in [2.05, 4.69) is 36.2 Å². The predicted octanol–water partition coefficient (Wildman–Crippen LogP) is 3.70. The Morgan fingerprint density at radius 3 is 2.53 bits per heavy atom. The van der Waals surface area contributed by atoms with Crippen LogP contribution >= 0.6 is 0 Å². The molecular weight excluding hydrogens is 232 g/mol. The summed E-state index contributed by atoms with van der Waals surface area (Å²) < 4.78 is 0. The summed E-state index contributed by atoms with van der Waals surface area (Å²) >= 11 is 0. The van der Waals surface area contributed by atoms with Crippen LogP contribution in [0, 0.1) is 16.7 Å². The molecule has 0 N–H and O–H groups in total. The number of anilines is 1. The summed E-state index contributed by atoms with van der Waals surface area (Å²) in [5, 5.41) is 9.35. The van der Waals surface area contributed by atoms with Crippen LogP contribution in [-0.4, -0.2) is 13.6 Å². The Labute approximate surface area is 116 Å². The number of rotatable bonds is 3. The predicted molar refractivity (Wildman–Crippen MR) is 78.3 cm³/mol. The summed E-state index contributed by atoms with van der Waals surface area (Å²) in [5.41, 5.74) is 4.25. The molecule has 0 spiro atoms. The van der Waals surface area contributed by atoms with E-state index in [1.807, 2.05) is 0 Å². The number of aryl methyl sites for hydroxylation is 2. The van der Waals surface area contributed by atoms with Crippen molar-refractivity contribution in [1.29, 1.82) is 5.26 Å². The minimum absolute atomic E-state index is 0.0787. The maximum Gasteiger partial charge on any atom is 0.0748 e. The zero-order chi connectivity index (χ0) is 13.3. The lowest BCUT2D eigenvalue weighted by Crippen LogP contribution is -2.39. The Bertz CT molecular complexity index is 508. The van der Waals surface area contributed by atoms with Crippen molar-refractivity contribution in [1.82, 2.24) is 0 Å². The Balaban J connectivity index is 1.76. The number of nitriles is 1. The number of fused-ring (bicyclic) bond motifs is 1. The molecule has 2 nitrogen and oxygen atoms in total. The van der Waals surface area contributed by atoms with Crippen molar-refractivity contribution >= 4 is 5.69 Å². The van der Waals surface area contributed by atoms with E-state index in [9.17, 15) is 5.26 Å². The van der Waals surface area contributed by atoms with Gasteiger partial charge in [-0.15, -0.1) is 0 Å². The molecule has 1 saturated carbocycles. The van der Waals surface area contributed by atoms with E-state index in [4.69, 9.17) is 0 Å². The van der Waals surface area contributed by atoms with Crippen molar-refractivity contribution in [3.63, 3.8) is 0 Å². The molecule has 2 heteroatoms. The lowest BCUT2D eigenvalue weighted by molar-refractivity contribution is 0.223. The first-order chi connectivity index (χ1) is 9.22. The fraction of sp³-hybridized carbons (Fsp3) is 0.588. The topological polar surface area (TPSA) is 27.0 Å². The Kier molecular flexibility index (Phi) is 3.22. The highest BCUT2D eigenvalue weighted by Gasteiger charge is 2.38. The van der Waals surface area contributed by atoms with E-state index in [0.29, 0.717) is 0 Å². The zero-order valence-corrected chi connectivity index (χ0v) is 11.8. The summed E-state index contributed by atoms with van der Waals surface area (Å²) in [4.78, 5) is 2.28. The van der Waals surface area contributed by atoms with E-state index in [-0.39, 0.29) is 5.41 Å². The number of hydrogen-bond donors (Lipinski definition) is 0. The third-order valence-electron chi connectivity index (χ3n) is 4.86. The summed E-state index contributed by atoms with van der Waals surface area (Å²) in [6, 6.07) is 9.40. The molecule has 19 heavy (non-hydrogen) atoms. The molecule has 0 radical (unpaired) electrons. The van der Waals surface area contributed by atoms with Crippen LogP contribution < -0.4 is 4.90 Å². The highest BCUT2D eigenvalue weighted by atomic mass is 15.1. The van der Waals surface area contributed by atoms with Crippen LogP contribution in [0.2, 0.25) is 0 Å². The molecule has 3 rings (SSSR count). The molecule has 0 atom stereocenters. The molecule has 0 aliphatic heterocycles. The second kappa shape index (κ2) is 4.89. The first kappa shape index (κ1) is 12.5. The number of benzene rings is 1. The van der Waals surface area contributed by atoms with Gasteiger partial charge in [0.25, 0.3) is 0 Å². The van der Waals surface area contributed by atoms with Gasteiger partial charge in [0.1, 0.15) is 0 Å². The van der Waals surface area contributed by atoms with Crippen molar-refractivity contribution in [2.45, 2.75) is 44.9 Å². The van der Waals surface area contributed by atoms with Gasteiger partial charge in [-0.1, -0.05) is 12.5 Å². The first-order valence-corrected chi connectivity index (χ1v) is 7.47. The van der Waals surface area contributed by atoms with Gasteiger partial charge in [-0.3, -0.25) is 0 Å². The van der Waals surface area contributed by atoms with Crippen LogP contribution in [0.25, 0.3) is 0 Å². The largest absolute Gasteiger partial charge is 0.373 e. The molecule has 0 bridgehead atoms. The van der Waals surface area contributed by atoms with E-state index in [1.165, 1.54) is 48.9 Å². The van der Waals surface area contributed by atoms with Crippen molar-refractivity contribution < 1.29 is 0 Å². The van der Waals surface area contributed by atoms with Crippen molar-refractivity contribution in [2.75, 3.05) is 18.5 Å². The lowest BCUT2D eigenvalue weighted by Gasteiger charge is -2.39. The molecule has 100 valence electrons. The van der Waals surface area contributed by atoms with Gasteiger partial charge in [0, 0.05) is 19.3 Å². The molecule has 1 fully saturated rings. The SMILES string of the molecule is CN(CC1(C#N)CCC1)c1ccc2c(c1)CCCC2. The van der Waals surface area contributed by atoms with Gasteiger partial charge in [0.05, 0.1) is 11.5 Å². The van der Waals surface area contributed by atoms with E-state index in [1.54, 1.807) is 0 Å². The molecule has 0 heterocycles. The third-order valence-corrected chi connectivity index (χ3v) is 4.86. The fourth-order valence-electron chi connectivity index (χ4n) is 3.41. The summed E-state index contributed by atoms with van der Waals surface area (Å²) in [7, 11) is 2.13. The Hall–Kier alpha value is -1.49. The Morgan fingerprint density at radius 1 is 1.16 bits per heavy atom. The fourth-order valence-corrected chi connectivity index (χ4v) is 3.41. The van der Waals surface area contributed by atoms with Gasteiger partial charge in [0.2, 0.25) is 0 Å². The van der Waals surface area contributed by atoms with Gasteiger partial charge >= 0.3 is 0 Å². The minimum atomic E-state index is -0.0787.